The molecule has 6 heteroatoms. The molecule has 5 rings (SSSR count). The number of hydrogen-bond acceptors (Lipinski definition) is 3. The van der Waals surface area contributed by atoms with Crippen molar-refractivity contribution in [1.82, 2.24) is 0 Å². The van der Waals surface area contributed by atoms with E-state index in [0.717, 1.165) is 36.8 Å². The van der Waals surface area contributed by atoms with Crippen LogP contribution < -0.4 is 9.47 Å². The number of methoxy groups -OCH3 is 1. The summed E-state index contributed by atoms with van der Waals surface area (Å²) in [6, 6.07) is 15.2. The second-order valence-corrected chi connectivity index (χ2v) is 11.3. The van der Waals surface area contributed by atoms with Crippen LogP contribution >= 0.6 is 0 Å². The lowest BCUT2D eigenvalue weighted by atomic mass is 9.79. The average Bonchev–Trinajstić information content (AvgIpc) is 3.68. The van der Waals surface area contributed by atoms with Gasteiger partial charge in [0.1, 0.15) is 29.7 Å². The first kappa shape index (κ1) is 26.9. The van der Waals surface area contributed by atoms with Gasteiger partial charge >= 0.3 is 5.97 Å². The predicted octanol–water partition coefficient (Wildman–Crippen LogP) is 8.39. The molecule has 0 saturated heterocycles. The van der Waals surface area contributed by atoms with Gasteiger partial charge in [-0.05, 0) is 108 Å². The molecule has 2 aliphatic rings. The molecule has 1 unspecified atom stereocenters. The Hall–Kier alpha value is -3.67. The van der Waals surface area contributed by atoms with E-state index in [1.807, 2.05) is 30.3 Å². The first-order chi connectivity index (χ1) is 18.7. The minimum absolute atomic E-state index is 0.0383. The third-order valence-electron chi connectivity index (χ3n) is 8.01. The Morgan fingerprint density at radius 1 is 1.03 bits per heavy atom. The van der Waals surface area contributed by atoms with Crippen molar-refractivity contribution in [3.05, 3.63) is 89.0 Å². The number of rotatable bonds is 10. The molecule has 0 heterocycles. The Morgan fingerprint density at radius 2 is 1.82 bits per heavy atom. The van der Waals surface area contributed by atoms with Gasteiger partial charge in [0.25, 0.3) is 0 Å². The maximum atomic E-state index is 15.9. The van der Waals surface area contributed by atoms with Gasteiger partial charge in [0.2, 0.25) is 0 Å². The van der Waals surface area contributed by atoms with Crippen molar-refractivity contribution in [1.29, 1.82) is 0 Å². The molecule has 0 radical (unpaired) electrons. The van der Waals surface area contributed by atoms with Gasteiger partial charge in [-0.2, -0.15) is 0 Å². The summed E-state index contributed by atoms with van der Waals surface area (Å²) in [7, 11) is 1.50. The number of halogens is 2. The van der Waals surface area contributed by atoms with Gasteiger partial charge < -0.3 is 14.6 Å². The maximum absolute atomic E-state index is 15.9. The number of allylic oxidation sites excluding steroid dienone is 2. The second-order valence-electron chi connectivity index (χ2n) is 11.3. The first-order valence-corrected chi connectivity index (χ1v) is 13.5. The van der Waals surface area contributed by atoms with E-state index < -0.39 is 17.6 Å². The van der Waals surface area contributed by atoms with E-state index in [1.54, 1.807) is 0 Å². The van der Waals surface area contributed by atoms with E-state index in [-0.39, 0.29) is 35.5 Å². The van der Waals surface area contributed by atoms with Gasteiger partial charge in [-0.3, -0.25) is 4.79 Å². The van der Waals surface area contributed by atoms with Crippen LogP contribution in [0.3, 0.4) is 0 Å². The fourth-order valence-corrected chi connectivity index (χ4v) is 5.76. The van der Waals surface area contributed by atoms with Crippen molar-refractivity contribution in [2.75, 3.05) is 7.11 Å². The van der Waals surface area contributed by atoms with E-state index in [4.69, 9.17) is 9.47 Å². The summed E-state index contributed by atoms with van der Waals surface area (Å²) in [6.45, 7) is 4.37. The molecule has 204 valence electrons. The van der Waals surface area contributed by atoms with Crippen LogP contribution in [0.15, 0.2) is 60.7 Å². The number of benzene rings is 3. The predicted molar refractivity (Wildman–Crippen MR) is 148 cm³/mol. The zero-order valence-corrected chi connectivity index (χ0v) is 22.6. The SMILES string of the molecule is COc1ccc(F)c(-c2c(F)cc(COc3cccc(C(CC(=O)O)C4CC4)c3)cc2C2=CCCC2(C)C)c1. The van der Waals surface area contributed by atoms with Crippen molar-refractivity contribution < 1.29 is 28.2 Å². The number of carboxylic acids is 1. The highest BCUT2D eigenvalue weighted by atomic mass is 19.1. The first-order valence-electron chi connectivity index (χ1n) is 13.5. The molecule has 39 heavy (non-hydrogen) atoms. The van der Waals surface area contributed by atoms with Crippen LogP contribution in [0.5, 0.6) is 11.5 Å². The molecular formula is C33H34F2O4. The van der Waals surface area contributed by atoms with E-state index >= 15 is 8.78 Å². The molecule has 0 bridgehead atoms. The number of hydrogen-bond donors (Lipinski definition) is 1. The third kappa shape index (κ3) is 5.85. The van der Waals surface area contributed by atoms with E-state index in [0.29, 0.717) is 28.5 Å². The van der Waals surface area contributed by atoms with E-state index in [9.17, 15) is 9.90 Å². The van der Waals surface area contributed by atoms with E-state index in [2.05, 4.69) is 19.9 Å². The van der Waals surface area contributed by atoms with Crippen LogP contribution in [0, 0.1) is 23.0 Å². The van der Waals surface area contributed by atoms with Gasteiger partial charge in [0.15, 0.2) is 0 Å². The van der Waals surface area contributed by atoms with Gasteiger partial charge in [-0.1, -0.05) is 32.1 Å². The Morgan fingerprint density at radius 3 is 2.49 bits per heavy atom. The molecule has 2 aliphatic carbocycles. The van der Waals surface area contributed by atoms with Crippen LogP contribution in [0.1, 0.15) is 68.6 Å². The van der Waals surface area contributed by atoms with Gasteiger partial charge in [-0.25, -0.2) is 8.78 Å². The summed E-state index contributed by atoms with van der Waals surface area (Å²) in [4.78, 5) is 11.4. The lowest BCUT2D eigenvalue weighted by molar-refractivity contribution is -0.137. The van der Waals surface area contributed by atoms with Crippen LogP contribution in [0.4, 0.5) is 8.78 Å². The van der Waals surface area contributed by atoms with Crippen LogP contribution in [-0.4, -0.2) is 18.2 Å². The topological polar surface area (TPSA) is 55.8 Å². The summed E-state index contributed by atoms with van der Waals surface area (Å²) in [5.41, 5.74) is 3.43. The van der Waals surface area contributed by atoms with Gasteiger partial charge in [-0.15, -0.1) is 0 Å². The highest BCUT2D eigenvalue weighted by molar-refractivity contribution is 5.85. The summed E-state index contributed by atoms with van der Waals surface area (Å²) < 4.78 is 42.3. The minimum Gasteiger partial charge on any atom is -0.497 e. The summed E-state index contributed by atoms with van der Waals surface area (Å²) in [5, 5.41) is 9.37. The molecule has 0 aliphatic heterocycles. The fraction of sp³-hybridized carbons (Fsp3) is 0.364. The standard InChI is InChI=1S/C33H34F2O4/c1-33(2)13-5-8-28(33)26-14-20(15-30(35)32(26)27-17-23(38-3)11-12-29(27)34)19-39-24-7-4-6-22(16-24)25(18-31(36)37)21-9-10-21/h4,6-8,11-12,14-17,21,25H,5,9-10,13,18-19H2,1-3H3,(H,36,37). The maximum Gasteiger partial charge on any atom is 0.303 e. The quantitative estimate of drug-likeness (QED) is 0.285. The summed E-state index contributed by atoms with van der Waals surface area (Å²) >= 11 is 0. The van der Waals surface area contributed by atoms with Crippen LogP contribution in [0.2, 0.25) is 0 Å². The molecular weight excluding hydrogens is 498 g/mol. The molecule has 1 saturated carbocycles. The van der Waals surface area contributed by atoms with Crippen LogP contribution in [0.25, 0.3) is 16.7 Å². The highest BCUT2D eigenvalue weighted by Gasteiger charge is 2.34. The molecule has 3 aromatic carbocycles. The molecule has 0 aromatic heterocycles. The number of carboxylic acid groups (broad SMARTS) is 1. The molecule has 4 nitrogen and oxygen atoms in total. The molecule has 1 fully saturated rings. The number of aliphatic carboxylic acids is 1. The van der Waals surface area contributed by atoms with Gasteiger partial charge in [0.05, 0.1) is 13.5 Å². The van der Waals surface area contributed by atoms with Crippen molar-refractivity contribution in [3.8, 4) is 22.6 Å². The summed E-state index contributed by atoms with van der Waals surface area (Å²) in [5.74, 6) is -0.433. The Kier molecular flexibility index (Phi) is 7.48. The Balaban J connectivity index is 1.48. The molecule has 0 spiro atoms. The number of carbonyl (C=O) groups is 1. The zero-order chi connectivity index (χ0) is 27.7. The smallest absolute Gasteiger partial charge is 0.303 e. The lowest BCUT2D eigenvalue weighted by Gasteiger charge is -2.26. The largest absolute Gasteiger partial charge is 0.497 e. The third-order valence-corrected chi connectivity index (χ3v) is 8.01. The lowest BCUT2D eigenvalue weighted by Crippen LogP contribution is -2.11. The second kappa shape index (κ2) is 10.8. The van der Waals surface area contributed by atoms with Crippen molar-refractivity contribution in [3.63, 3.8) is 0 Å². The zero-order valence-electron chi connectivity index (χ0n) is 22.6. The molecule has 1 atom stereocenters. The monoisotopic (exact) mass is 532 g/mol. The molecule has 3 aromatic rings. The Labute approximate surface area is 228 Å². The molecule has 0 amide bonds. The van der Waals surface area contributed by atoms with E-state index in [1.165, 1.54) is 31.4 Å². The summed E-state index contributed by atoms with van der Waals surface area (Å²) in [6.07, 6.45) is 6.09. The van der Waals surface area contributed by atoms with Crippen molar-refractivity contribution in [2.24, 2.45) is 11.3 Å². The van der Waals surface area contributed by atoms with Gasteiger partial charge in [0, 0.05) is 11.1 Å². The van der Waals surface area contributed by atoms with Crippen molar-refractivity contribution in [2.45, 2.75) is 58.5 Å². The van der Waals surface area contributed by atoms with Crippen LogP contribution in [-0.2, 0) is 11.4 Å². The highest BCUT2D eigenvalue weighted by Crippen LogP contribution is 2.48. The normalized spacial score (nSPS) is 17.0. The van der Waals surface area contributed by atoms with Crippen molar-refractivity contribution >= 4 is 11.5 Å². The number of ether oxygens (including phenoxy) is 2. The molecule has 1 N–H and O–H groups in total. The minimum atomic E-state index is -0.807. The Bertz CT molecular complexity index is 1420. The average molecular weight is 533 g/mol. The fourth-order valence-electron chi connectivity index (χ4n) is 5.76.